The van der Waals surface area contributed by atoms with E-state index in [1.54, 1.807) is 0 Å². The highest BCUT2D eigenvalue weighted by Gasteiger charge is 2.21. The number of piperidine rings is 1. The second-order valence-corrected chi connectivity index (χ2v) is 5.57. The van der Waals surface area contributed by atoms with Crippen LogP contribution in [0, 0.1) is 6.92 Å². The Bertz CT molecular complexity index is 417. The Morgan fingerprint density at radius 2 is 2.20 bits per heavy atom. The molecule has 1 aliphatic heterocycles. The Morgan fingerprint density at radius 3 is 2.90 bits per heavy atom. The first-order valence-corrected chi connectivity index (χ1v) is 7.91. The molecule has 0 saturated carbocycles. The normalized spacial score (nSPS) is 19.4. The molecule has 2 rings (SSSR count). The first-order valence-electron chi connectivity index (χ1n) is 7.91. The summed E-state index contributed by atoms with van der Waals surface area (Å²) in [6.45, 7) is 11.4. The molecule has 0 amide bonds. The topological polar surface area (TPSA) is 24.5 Å². The van der Waals surface area contributed by atoms with Gasteiger partial charge in [0.2, 0.25) is 0 Å². The zero-order chi connectivity index (χ0) is 14.4. The van der Waals surface area contributed by atoms with E-state index in [-0.39, 0.29) is 0 Å². The minimum Gasteiger partial charge on any atom is -0.377 e. The van der Waals surface area contributed by atoms with Crippen LogP contribution in [0.4, 0.5) is 5.69 Å². The maximum absolute atomic E-state index is 5.80. The predicted molar refractivity (Wildman–Crippen MR) is 85.4 cm³/mol. The van der Waals surface area contributed by atoms with E-state index in [2.05, 4.69) is 49.2 Å². The fraction of sp³-hybridized carbons (Fsp3) is 0.647. The van der Waals surface area contributed by atoms with Gasteiger partial charge in [0.15, 0.2) is 0 Å². The minimum atomic E-state index is 0.398. The van der Waals surface area contributed by atoms with E-state index in [0.717, 1.165) is 32.8 Å². The molecule has 1 atom stereocenters. The van der Waals surface area contributed by atoms with Gasteiger partial charge in [0.1, 0.15) is 0 Å². The van der Waals surface area contributed by atoms with Gasteiger partial charge in [-0.2, -0.15) is 0 Å². The van der Waals surface area contributed by atoms with Gasteiger partial charge in [-0.1, -0.05) is 19.1 Å². The van der Waals surface area contributed by atoms with Gasteiger partial charge in [-0.25, -0.2) is 0 Å². The summed E-state index contributed by atoms with van der Waals surface area (Å²) in [5, 5.41) is 3.38. The number of aryl methyl sites for hydroxylation is 1. The predicted octanol–water partition coefficient (Wildman–Crippen LogP) is 3.11. The van der Waals surface area contributed by atoms with Crippen molar-refractivity contribution in [2.45, 2.75) is 46.3 Å². The number of benzene rings is 1. The maximum Gasteiger partial charge on any atom is 0.0750 e. The van der Waals surface area contributed by atoms with Gasteiger partial charge < -0.3 is 15.0 Å². The van der Waals surface area contributed by atoms with E-state index in [0.29, 0.717) is 6.10 Å². The van der Waals surface area contributed by atoms with Crippen LogP contribution in [0.15, 0.2) is 18.2 Å². The molecule has 0 aliphatic carbocycles. The molecular weight excluding hydrogens is 248 g/mol. The number of ether oxygens (including phenoxy) is 1. The third-order valence-electron chi connectivity index (χ3n) is 3.96. The fourth-order valence-electron chi connectivity index (χ4n) is 2.98. The fourth-order valence-corrected chi connectivity index (χ4v) is 2.98. The Labute approximate surface area is 123 Å². The number of hydrogen-bond acceptors (Lipinski definition) is 3. The Hall–Kier alpha value is -1.06. The number of anilines is 1. The largest absolute Gasteiger partial charge is 0.377 e. The summed E-state index contributed by atoms with van der Waals surface area (Å²) in [4.78, 5) is 2.48. The molecule has 0 bridgehead atoms. The number of rotatable bonds is 6. The average molecular weight is 276 g/mol. The van der Waals surface area contributed by atoms with Crippen LogP contribution in [0.5, 0.6) is 0 Å². The molecule has 112 valence electrons. The summed E-state index contributed by atoms with van der Waals surface area (Å²) in [6.07, 6.45) is 2.82. The van der Waals surface area contributed by atoms with Crippen molar-refractivity contribution in [3.63, 3.8) is 0 Å². The van der Waals surface area contributed by atoms with Crippen LogP contribution < -0.4 is 10.2 Å². The molecule has 1 fully saturated rings. The SMILES string of the molecule is CCNCc1ccc(N2CCCC(OCC)C2)c(C)c1. The third-order valence-corrected chi connectivity index (χ3v) is 3.96. The lowest BCUT2D eigenvalue weighted by atomic mass is 10.0. The lowest BCUT2D eigenvalue weighted by Crippen LogP contribution is -2.40. The van der Waals surface area contributed by atoms with Crippen molar-refractivity contribution in [1.82, 2.24) is 5.32 Å². The molecule has 1 N–H and O–H groups in total. The number of nitrogens with one attached hydrogen (secondary N) is 1. The van der Waals surface area contributed by atoms with Crippen molar-refractivity contribution in [2.24, 2.45) is 0 Å². The monoisotopic (exact) mass is 276 g/mol. The Balaban J connectivity index is 2.04. The minimum absolute atomic E-state index is 0.398. The van der Waals surface area contributed by atoms with Gasteiger partial charge in [0, 0.05) is 31.9 Å². The van der Waals surface area contributed by atoms with Gasteiger partial charge in [-0.3, -0.25) is 0 Å². The Morgan fingerprint density at radius 1 is 1.35 bits per heavy atom. The summed E-state index contributed by atoms with van der Waals surface area (Å²) in [5.41, 5.74) is 4.11. The van der Waals surface area contributed by atoms with Crippen LogP contribution in [0.2, 0.25) is 0 Å². The molecule has 3 heteroatoms. The Kier molecular flexibility index (Phi) is 5.86. The van der Waals surface area contributed by atoms with Crippen molar-refractivity contribution in [3.8, 4) is 0 Å². The summed E-state index contributed by atoms with van der Waals surface area (Å²) in [6, 6.07) is 6.83. The molecule has 1 aromatic rings. The van der Waals surface area contributed by atoms with E-state index in [1.165, 1.54) is 29.7 Å². The first kappa shape index (κ1) is 15.3. The van der Waals surface area contributed by atoms with Gasteiger partial charge in [-0.05, 0) is 50.4 Å². The van der Waals surface area contributed by atoms with Crippen molar-refractivity contribution in [2.75, 3.05) is 31.1 Å². The van der Waals surface area contributed by atoms with Crippen LogP contribution in [-0.4, -0.2) is 32.3 Å². The van der Waals surface area contributed by atoms with Gasteiger partial charge in [0.25, 0.3) is 0 Å². The molecule has 1 aliphatic rings. The lowest BCUT2D eigenvalue weighted by molar-refractivity contribution is 0.0526. The summed E-state index contributed by atoms with van der Waals surface area (Å²) < 4.78 is 5.80. The zero-order valence-corrected chi connectivity index (χ0v) is 13.1. The molecule has 0 radical (unpaired) electrons. The summed E-state index contributed by atoms with van der Waals surface area (Å²) in [5.74, 6) is 0. The second kappa shape index (κ2) is 7.65. The molecule has 0 aromatic heterocycles. The lowest BCUT2D eigenvalue weighted by Gasteiger charge is -2.35. The third kappa shape index (κ3) is 3.97. The van der Waals surface area contributed by atoms with E-state index < -0.39 is 0 Å². The van der Waals surface area contributed by atoms with Crippen LogP contribution in [0.3, 0.4) is 0 Å². The molecule has 3 nitrogen and oxygen atoms in total. The van der Waals surface area contributed by atoms with E-state index in [9.17, 15) is 0 Å². The summed E-state index contributed by atoms with van der Waals surface area (Å²) >= 11 is 0. The van der Waals surface area contributed by atoms with E-state index >= 15 is 0 Å². The summed E-state index contributed by atoms with van der Waals surface area (Å²) in [7, 11) is 0. The smallest absolute Gasteiger partial charge is 0.0750 e. The van der Waals surface area contributed by atoms with Crippen LogP contribution in [0.25, 0.3) is 0 Å². The highest BCUT2D eigenvalue weighted by molar-refractivity contribution is 5.55. The van der Waals surface area contributed by atoms with Gasteiger partial charge in [-0.15, -0.1) is 0 Å². The van der Waals surface area contributed by atoms with E-state index in [4.69, 9.17) is 4.74 Å². The van der Waals surface area contributed by atoms with Crippen molar-refractivity contribution >= 4 is 5.69 Å². The molecule has 1 unspecified atom stereocenters. The molecule has 0 spiro atoms. The first-order chi connectivity index (χ1) is 9.74. The zero-order valence-electron chi connectivity index (χ0n) is 13.1. The van der Waals surface area contributed by atoms with Crippen LogP contribution >= 0.6 is 0 Å². The van der Waals surface area contributed by atoms with Crippen LogP contribution in [-0.2, 0) is 11.3 Å². The average Bonchev–Trinajstić information content (AvgIpc) is 2.46. The van der Waals surface area contributed by atoms with Crippen molar-refractivity contribution < 1.29 is 4.74 Å². The van der Waals surface area contributed by atoms with Gasteiger partial charge in [0.05, 0.1) is 6.10 Å². The quantitative estimate of drug-likeness (QED) is 0.864. The molecule has 1 heterocycles. The van der Waals surface area contributed by atoms with E-state index in [1.807, 2.05) is 0 Å². The molecular formula is C17H28N2O. The maximum atomic E-state index is 5.80. The molecule has 1 saturated heterocycles. The molecule has 1 aromatic carbocycles. The molecule has 20 heavy (non-hydrogen) atoms. The number of nitrogens with zero attached hydrogens (tertiary/aromatic N) is 1. The van der Waals surface area contributed by atoms with Crippen molar-refractivity contribution in [1.29, 1.82) is 0 Å². The standard InChI is InChI=1S/C17H28N2O/c1-4-18-12-15-8-9-17(14(3)11-15)19-10-6-7-16(13-19)20-5-2/h8-9,11,16,18H,4-7,10,12-13H2,1-3H3. The number of hydrogen-bond donors (Lipinski definition) is 1. The van der Waals surface area contributed by atoms with Crippen molar-refractivity contribution in [3.05, 3.63) is 29.3 Å². The highest BCUT2D eigenvalue weighted by Crippen LogP contribution is 2.25. The second-order valence-electron chi connectivity index (χ2n) is 5.57. The highest BCUT2D eigenvalue weighted by atomic mass is 16.5. The van der Waals surface area contributed by atoms with Crippen LogP contribution in [0.1, 0.15) is 37.8 Å². The van der Waals surface area contributed by atoms with Gasteiger partial charge >= 0.3 is 0 Å².